The van der Waals surface area contributed by atoms with Crippen molar-refractivity contribution in [3.63, 3.8) is 0 Å². The lowest BCUT2D eigenvalue weighted by Gasteiger charge is -2.40. The Morgan fingerprint density at radius 2 is 0.703 bits per heavy atom. The lowest BCUT2D eigenvalue weighted by Crippen LogP contribution is -2.58. The van der Waals surface area contributed by atoms with Crippen LogP contribution in [0.2, 0.25) is 0 Å². The highest BCUT2D eigenvalue weighted by molar-refractivity contribution is 5.77. The molecule has 1 fully saturated rings. The van der Waals surface area contributed by atoms with Crippen LogP contribution < -0.4 is 4.74 Å². The van der Waals surface area contributed by atoms with E-state index in [1.54, 1.807) is 0 Å². The zero-order chi connectivity index (χ0) is 63.5. The Labute approximate surface area is 536 Å². The van der Waals surface area contributed by atoms with E-state index in [0.717, 1.165) is 57.5 Å². The molecule has 0 aliphatic carbocycles. The van der Waals surface area contributed by atoms with Gasteiger partial charge in [0.05, 0.1) is 46.2 Å². The van der Waals surface area contributed by atoms with Gasteiger partial charge in [0.2, 0.25) is 0 Å². The summed E-state index contributed by atoms with van der Waals surface area (Å²) in [6, 6.07) is 61.5. The summed E-state index contributed by atoms with van der Waals surface area (Å²) in [4.78, 5) is 66.6. The van der Waals surface area contributed by atoms with Crippen LogP contribution in [0.5, 0.6) is 5.75 Å². The van der Waals surface area contributed by atoms with Gasteiger partial charge in [-0.2, -0.15) is 0 Å². The van der Waals surface area contributed by atoms with E-state index in [-0.39, 0.29) is 118 Å². The summed E-state index contributed by atoms with van der Waals surface area (Å²) >= 11 is 0. The average Bonchev–Trinajstić information content (AvgIpc) is 1.84. The molecule has 0 aromatic heterocycles. The van der Waals surface area contributed by atoms with Gasteiger partial charge >= 0.3 is 23.9 Å². The van der Waals surface area contributed by atoms with Gasteiger partial charge < -0.3 is 38.3 Å². The molecule has 0 spiro atoms. The van der Waals surface area contributed by atoms with Crippen molar-refractivity contribution in [2.24, 2.45) is 0 Å². The van der Waals surface area contributed by atoms with Gasteiger partial charge in [-0.25, -0.2) is 0 Å². The molecule has 0 bridgehead atoms. The van der Waals surface area contributed by atoms with E-state index >= 15 is 0 Å². The van der Waals surface area contributed by atoms with E-state index < -0.39 is 48.0 Å². The van der Waals surface area contributed by atoms with Crippen LogP contribution in [0.1, 0.15) is 71.6 Å². The third kappa shape index (κ3) is 24.1. The molecule has 7 aromatic rings. The number of esters is 3. The lowest BCUT2D eigenvalue weighted by molar-refractivity contribution is -0.158. The Morgan fingerprint density at radius 3 is 1.00 bits per heavy atom. The van der Waals surface area contributed by atoms with E-state index in [9.17, 15) is 24.3 Å². The summed E-state index contributed by atoms with van der Waals surface area (Å²) in [6.45, 7) is 4.70. The molecule has 1 aliphatic rings. The van der Waals surface area contributed by atoms with Gasteiger partial charge in [0.15, 0.2) is 0 Å². The molecule has 1 N–H and O–H groups in total. The second-order valence-corrected chi connectivity index (χ2v) is 22.6. The van der Waals surface area contributed by atoms with Gasteiger partial charge in [0.1, 0.15) is 49.7 Å². The van der Waals surface area contributed by atoms with Gasteiger partial charge in [0.25, 0.3) is 0 Å². The number of nitrogens with zero attached hydrogens (tertiary/aromatic N) is 4. The minimum Gasteiger partial charge on any atom is -0.494 e. The molecule has 8 rings (SSSR count). The highest BCUT2D eigenvalue weighted by atomic mass is 16.6. The maximum absolute atomic E-state index is 15.0. The Balaban J connectivity index is 1.16. The number of unbranched alkanes of at least 4 members (excludes halogenated alkanes) is 1. The van der Waals surface area contributed by atoms with Crippen molar-refractivity contribution in [3.05, 3.63) is 251 Å². The van der Waals surface area contributed by atoms with Crippen molar-refractivity contribution in [2.45, 2.75) is 96.4 Å². The standard InChI is InChI=1S/C75H88N4O12/c1-2-3-50-88-67-40-38-60(39-41-67)24-22-23-37-68(72(80)81)76-42-44-77(69(57-85-51-61-25-10-4-11-26-61)73(82)89-54-64-31-16-7-17-32-64)46-48-79(71(59-87-53-63-29-14-6-15-30-63)75(84)91-56-66-35-20-9-21-36-66)49-47-78(45-43-76)70(58-86-52-62-27-12-5-13-28-62)74(83)90-55-65-33-18-8-19-34-65/h4-22,24-36,38-41,68-71H,2-3,23,37,42-59H2,1H3,(H,80,81)/b24-22+. The summed E-state index contributed by atoms with van der Waals surface area (Å²) in [6.07, 6.45) is 6.66. The van der Waals surface area contributed by atoms with E-state index in [4.69, 9.17) is 33.2 Å². The molecule has 480 valence electrons. The van der Waals surface area contributed by atoms with Gasteiger partial charge in [-0.1, -0.05) is 220 Å². The number of hydrogen-bond acceptors (Lipinski definition) is 15. The number of carboxylic acid groups (broad SMARTS) is 1. The van der Waals surface area contributed by atoms with Crippen molar-refractivity contribution in [1.82, 2.24) is 19.6 Å². The first kappa shape index (κ1) is 68.6. The fourth-order valence-corrected chi connectivity index (χ4v) is 10.7. The van der Waals surface area contributed by atoms with Gasteiger partial charge in [-0.05, 0) is 70.3 Å². The van der Waals surface area contributed by atoms with Crippen LogP contribution in [0, 0.1) is 0 Å². The normalized spacial score (nSPS) is 15.3. The summed E-state index contributed by atoms with van der Waals surface area (Å²) in [5, 5.41) is 11.3. The minimum absolute atomic E-state index is 0.0143. The highest BCUT2D eigenvalue weighted by Crippen LogP contribution is 2.21. The molecule has 1 heterocycles. The second-order valence-electron chi connectivity index (χ2n) is 22.6. The fraction of sp³-hybridized carbons (Fsp3) is 0.360. The van der Waals surface area contributed by atoms with Crippen LogP contribution in [0.15, 0.2) is 212 Å². The molecule has 4 unspecified atom stereocenters. The summed E-state index contributed by atoms with van der Waals surface area (Å²) in [5.74, 6) is -1.78. The summed E-state index contributed by atoms with van der Waals surface area (Å²) < 4.78 is 43.7. The van der Waals surface area contributed by atoms with Crippen molar-refractivity contribution < 1.29 is 57.4 Å². The summed E-state index contributed by atoms with van der Waals surface area (Å²) in [7, 11) is 0. The Hall–Kier alpha value is -8.32. The predicted octanol–water partition coefficient (Wildman–Crippen LogP) is 11.3. The maximum atomic E-state index is 15.0. The zero-order valence-electron chi connectivity index (χ0n) is 52.4. The number of rotatable bonds is 34. The third-order valence-electron chi connectivity index (χ3n) is 16.0. The predicted molar refractivity (Wildman–Crippen MR) is 351 cm³/mol. The van der Waals surface area contributed by atoms with Crippen molar-refractivity contribution in [2.75, 3.05) is 78.8 Å². The first-order valence-electron chi connectivity index (χ1n) is 31.7. The van der Waals surface area contributed by atoms with Crippen LogP contribution in [-0.4, -0.2) is 152 Å². The molecular weight excluding hydrogens is 1150 g/mol. The van der Waals surface area contributed by atoms with E-state index in [1.165, 1.54) is 0 Å². The van der Waals surface area contributed by atoms with Crippen LogP contribution in [0.3, 0.4) is 0 Å². The largest absolute Gasteiger partial charge is 0.494 e. The second kappa shape index (κ2) is 39.1. The molecule has 16 heteroatoms. The zero-order valence-corrected chi connectivity index (χ0v) is 52.4. The van der Waals surface area contributed by atoms with E-state index in [2.05, 4.69) is 6.92 Å². The quantitative estimate of drug-likeness (QED) is 0.0230. The van der Waals surface area contributed by atoms with Crippen LogP contribution in [0.4, 0.5) is 0 Å². The smallest absolute Gasteiger partial charge is 0.326 e. The first-order valence-corrected chi connectivity index (χ1v) is 31.7. The molecule has 1 saturated heterocycles. The topological polar surface area (TPSA) is 166 Å². The number of carbonyl (C=O) groups is 4. The Bertz CT molecular complexity index is 3080. The van der Waals surface area contributed by atoms with Crippen molar-refractivity contribution in [1.29, 1.82) is 0 Å². The molecule has 4 atom stereocenters. The molecular formula is C75H88N4O12. The van der Waals surface area contributed by atoms with Crippen molar-refractivity contribution in [3.8, 4) is 5.75 Å². The van der Waals surface area contributed by atoms with Gasteiger partial charge in [-0.3, -0.25) is 38.8 Å². The molecule has 0 amide bonds. The van der Waals surface area contributed by atoms with Crippen molar-refractivity contribution >= 4 is 30.0 Å². The van der Waals surface area contributed by atoms with Gasteiger partial charge in [0, 0.05) is 52.4 Å². The van der Waals surface area contributed by atoms with Gasteiger partial charge in [-0.15, -0.1) is 0 Å². The third-order valence-corrected chi connectivity index (χ3v) is 16.0. The fourth-order valence-electron chi connectivity index (χ4n) is 10.7. The molecule has 7 aromatic carbocycles. The highest BCUT2D eigenvalue weighted by Gasteiger charge is 2.37. The molecule has 1 aliphatic heterocycles. The van der Waals surface area contributed by atoms with Crippen LogP contribution >= 0.6 is 0 Å². The number of hydrogen-bond donors (Lipinski definition) is 1. The molecule has 91 heavy (non-hydrogen) atoms. The number of allylic oxidation sites excluding steroid dienone is 1. The SMILES string of the molecule is CCCCOc1ccc(/C=C/CCC(C(=O)O)N2CCN(C(COCc3ccccc3)C(=O)OCc3ccccc3)CCN(C(COCc3ccccc3)C(=O)OCc3ccccc3)CCN(C(COCc3ccccc3)C(=O)OCc3ccccc3)CC2)cc1. The monoisotopic (exact) mass is 1240 g/mol. The number of ether oxygens (including phenoxy) is 7. The maximum Gasteiger partial charge on any atom is 0.326 e. The average molecular weight is 1240 g/mol. The number of carboxylic acids is 1. The minimum atomic E-state index is -1.01. The number of aliphatic carboxylic acids is 1. The van der Waals surface area contributed by atoms with E-state index in [0.29, 0.717) is 13.0 Å². The van der Waals surface area contributed by atoms with E-state index in [1.807, 2.05) is 238 Å². The Morgan fingerprint density at radius 1 is 0.407 bits per heavy atom. The lowest BCUT2D eigenvalue weighted by atomic mass is 10.1. The summed E-state index contributed by atoms with van der Waals surface area (Å²) in [5.41, 5.74) is 6.13. The molecule has 0 saturated carbocycles. The number of carbonyl (C=O) groups excluding carboxylic acids is 3. The van der Waals surface area contributed by atoms with Crippen LogP contribution in [-0.2, 0) is 87.2 Å². The first-order chi connectivity index (χ1) is 44.7. The molecule has 16 nitrogen and oxygen atoms in total. The van der Waals surface area contributed by atoms with Crippen LogP contribution in [0.25, 0.3) is 6.08 Å². The molecule has 0 radical (unpaired) electrons. The Kier molecular flexibility index (Phi) is 29.4. The number of benzene rings is 7.